The number of nitrogens with one attached hydrogen (secondary N) is 1. The second-order valence-electron chi connectivity index (χ2n) is 5.15. The van der Waals surface area contributed by atoms with Gasteiger partial charge in [0.05, 0.1) is 12.8 Å². The van der Waals surface area contributed by atoms with Gasteiger partial charge < -0.3 is 14.6 Å². The second kappa shape index (κ2) is 7.45. The van der Waals surface area contributed by atoms with E-state index in [4.69, 9.17) is 4.42 Å². The van der Waals surface area contributed by atoms with Crippen molar-refractivity contribution < 1.29 is 14.0 Å². The molecule has 0 aliphatic rings. The summed E-state index contributed by atoms with van der Waals surface area (Å²) in [7, 11) is 1.72. The molecule has 1 aromatic carbocycles. The monoisotopic (exact) mass is 300 g/mol. The summed E-state index contributed by atoms with van der Waals surface area (Å²) < 4.78 is 5.20. The molecule has 2 amide bonds. The molecule has 2 aromatic rings. The molecule has 5 heteroatoms. The number of aryl methyl sites for hydroxylation is 1. The van der Waals surface area contributed by atoms with Crippen LogP contribution in [0.25, 0.3) is 0 Å². The number of nitrogens with zero attached hydrogens (tertiary/aromatic N) is 1. The van der Waals surface area contributed by atoms with E-state index < -0.39 is 0 Å². The van der Waals surface area contributed by atoms with Crippen LogP contribution in [-0.4, -0.2) is 30.3 Å². The van der Waals surface area contributed by atoms with Gasteiger partial charge in [0, 0.05) is 25.6 Å². The first-order chi connectivity index (χ1) is 10.6. The molecule has 1 N–H and O–H groups in total. The molecule has 0 radical (unpaired) electrons. The number of carbonyl (C=O) groups is 2. The molecule has 2 rings (SSSR count). The van der Waals surface area contributed by atoms with Crippen LogP contribution >= 0.6 is 0 Å². The fourth-order valence-corrected chi connectivity index (χ4v) is 2.12. The maximum absolute atomic E-state index is 12.0. The molecule has 5 nitrogen and oxygen atoms in total. The van der Waals surface area contributed by atoms with Crippen LogP contribution in [-0.2, 0) is 11.3 Å². The van der Waals surface area contributed by atoms with Crippen molar-refractivity contribution >= 4 is 11.8 Å². The third-order valence-electron chi connectivity index (χ3n) is 3.41. The predicted molar refractivity (Wildman–Crippen MR) is 83.3 cm³/mol. The van der Waals surface area contributed by atoms with Crippen molar-refractivity contribution in [3.63, 3.8) is 0 Å². The fourth-order valence-electron chi connectivity index (χ4n) is 2.12. The summed E-state index contributed by atoms with van der Waals surface area (Å²) in [6.45, 7) is 2.63. The zero-order valence-corrected chi connectivity index (χ0v) is 12.8. The zero-order chi connectivity index (χ0) is 15.9. The van der Waals surface area contributed by atoms with E-state index in [1.54, 1.807) is 30.3 Å². The van der Waals surface area contributed by atoms with Crippen LogP contribution in [0.4, 0.5) is 0 Å². The minimum absolute atomic E-state index is 0.0403. The minimum Gasteiger partial charge on any atom is -0.467 e. The highest BCUT2D eigenvalue weighted by atomic mass is 16.3. The Hall–Kier alpha value is -2.56. The smallest absolute Gasteiger partial charge is 0.251 e. The Morgan fingerprint density at radius 2 is 1.95 bits per heavy atom. The summed E-state index contributed by atoms with van der Waals surface area (Å²) in [4.78, 5) is 25.6. The second-order valence-corrected chi connectivity index (χ2v) is 5.15. The molecule has 0 atom stereocenters. The lowest BCUT2D eigenvalue weighted by atomic mass is 10.1. The van der Waals surface area contributed by atoms with E-state index in [2.05, 4.69) is 5.32 Å². The lowest BCUT2D eigenvalue weighted by Crippen LogP contribution is -2.32. The number of amides is 2. The Kier molecular flexibility index (Phi) is 5.36. The molecule has 1 aromatic heterocycles. The van der Waals surface area contributed by atoms with Crippen molar-refractivity contribution in [1.29, 1.82) is 0 Å². The highest BCUT2D eigenvalue weighted by molar-refractivity contribution is 5.95. The standard InChI is InChI=1S/C17H20N2O3/c1-13-6-3-4-8-15(13)17(21)18-10-9-16(20)19(2)12-14-7-5-11-22-14/h3-8,11H,9-10,12H2,1-2H3,(H,18,21). The third-order valence-corrected chi connectivity index (χ3v) is 3.41. The molecular formula is C17H20N2O3. The lowest BCUT2D eigenvalue weighted by molar-refractivity contribution is -0.130. The maximum Gasteiger partial charge on any atom is 0.251 e. The van der Waals surface area contributed by atoms with Gasteiger partial charge in [0.25, 0.3) is 5.91 Å². The highest BCUT2D eigenvalue weighted by Crippen LogP contribution is 2.07. The zero-order valence-electron chi connectivity index (χ0n) is 12.8. The van der Waals surface area contributed by atoms with Crippen molar-refractivity contribution in [3.05, 3.63) is 59.5 Å². The van der Waals surface area contributed by atoms with Crippen LogP contribution in [0.5, 0.6) is 0 Å². The minimum atomic E-state index is -0.153. The lowest BCUT2D eigenvalue weighted by Gasteiger charge is -2.16. The summed E-state index contributed by atoms with van der Waals surface area (Å²) in [6, 6.07) is 11.0. The van der Waals surface area contributed by atoms with Crippen LogP contribution in [0, 0.1) is 6.92 Å². The molecule has 0 spiro atoms. The van der Waals surface area contributed by atoms with Gasteiger partial charge in [0.1, 0.15) is 5.76 Å². The van der Waals surface area contributed by atoms with Crippen molar-refractivity contribution in [3.8, 4) is 0 Å². The van der Waals surface area contributed by atoms with Gasteiger partial charge in [-0.2, -0.15) is 0 Å². The summed E-state index contributed by atoms with van der Waals surface area (Å²) >= 11 is 0. The van der Waals surface area contributed by atoms with Gasteiger partial charge in [-0.1, -0.05) is 18.2 Å². The normalized spacial score (nSPS) is 10.3. The average molecular weight is 300 g/mol. The first-order valence-corrected chi connectivity index (χ1v) is 7.18. The fraction of sp³-hybridized carbons (Fsp3) is 0.294. The Morgan fingerprint density at radius 3 is 2.64 bits per heavy atom. The van der Waals surface area contributed by atoms with E-state index in [0.29, 0.717) is 18.7 Å². The van der Waals surface area contributed by atoms with E-state index >= 15 is 0 Å². The predicted octanol–water partition coefficient (Wildman–Crippen LogP) is 2.37. The van der Waals surface area contributed by atoms with E-state index in [0.717, 1.165) is 11.3 Å². The molecule has 0 saturated carbocycles. The van der Waals surface area contributed by atoms with Crippen LogP contribution in [0.2, 0.25) is 0 Å². The topological polar surface area (TPSA) is 62.6 Å². The summed E-state index contributed by atoms with van der Waals surface area (Å²) in [5, 5.41) is 2.77. The van der Waals surface area contributed by atoms with Gasteiger partial charge >= 0.3 is 0 Å². The number of hydrogen-bond acceptors (Lipinski definition) is 3. The van der Waals surface area contributed by atoms with Gasteiger partial charge in [0.2, 0.25) is 5.91 Å². The third kappa shape index (κ3) is 4.22. The van der Waals surface area contributed by atoms with E-state index in [9.17, 15) is 9.59 Å². The summed E-state index contributed by atoms with van der Waals surface area (Å²) in [6.07, 6.45) is 1.84. The molecule has 1 heterocycles. The van der Waals surface area contributed by atoms with Crippen molar-refractivity contribution in [2.45, 2.75) is 19.9 Å². The van der Waals surface area contributed by atoms with Gasteiger partial charge in [-0.3, -0.25) is 9.59 Å². The van der Waals surface area contributed by atoms with Crippen molar-refractivity contribution in [1.82, 2.24) is 10.2 Å². The molecule has 0 fully saturated rings. The van der Waals surface area contributed by atoms with Crippen LogP contribution in [0.1, 0.15) is 28.1 Å². The van der Waals surface area contributed by atoms with E-state index in [1.165, 1.54) is 0 Å². The molecule has 0 saturated heterocycles. The number of hydrogen-bond donors (Lipinski definition) is 1. The van der Waals surface area contributed by atoms with Crippen LogP contribution in [0.3, 0.4) is 0 Å². The van der Waals surface area contributed by atoms with Gasteiger partial charge in [-0.15, -0.1) is 0 Å². The van der Waals surface area contributed by atoms with Gasteiger partial charge in [-0.05, 0) is 30.7 Å². The molecular weight excluding hydrogens is 280 g/mol. The van der Waals surface area contributed by atoms with Crippen molar-refractivity contribution in [2.24, 2.45) is 0 Å². The Labute approximate surface area is 129 Å². The quantitative estimate of drug-likeness (QED) is 0.891. The maximum atomic E-state index is 12.0. The Balaban J connectivity index is 1.77. The molecule has 22 heavy (non-hydrogen) atoms. The van der Waals surface area contributed by atoms with Crippen molar-refractivity contribution in [2.75, 3.05) is 13.6 Å². The average Bonchev–Trinajstić information content (AvgIpc) is 3.00. The largest absolute Gasteiger partial charge is 0.467 e. The SMILES string of the molecule is Cc1ccccc1C(=O)NCCC(=O)N(C)Cc1ccco1. The molecule has 0 unspecified atom stereocenters. The number of furan rings is 1. The van der Waals surface area contributed by atoms with E-state index in [1.807, 2.05) is 31.2 Å². The summed E-state index contributed by atoms with van der Waals surface area (Å²) in [5.74, 6) is 0.542. The number of benzene rings is 1. The van der Waals surface area contributed by atoms with Gasteiger partial charge in [-0.25, -0.2) is 0 Å². The first kappa shape index (κ1) is 15.8. The Bertz CT molecular complexity index is 635. The van der Waals surface area contributed by atoms with Gasteiger partial charge in [0.15, 0.2) is 0 Å². The first-order valence-electron chi connectivity index (χ1n) is 7.18. The van der Waals surface area contributed by atoms with E-state index in [-0.39, 0.29) is 18.2 Å². The number of rotatable bonds is 6. The summed E-state index contributed by atoms with van der Waals surface area (Å²) in [5.41, 5.74) is 1.56. The Morgan fingerprint density at radius 1 is 1.18 bits per heavy atom. The molecule has 0 bridgehead atoms. The number of carbonyl (C=O) groups excluding carboxylic acids is 2. The molecule has 116 valence electrons. The van der Waals surface area contributed by atoms with Crippen LogP contribution in [0.15, 0.2) is 47.1 Å². The molecule has 0 aliphatic carbocycles. The highest BCUT2D eigenvalue weighted by Gasteiger charge is 2.12. The van der Waals surface area contributed by atoms with Crippen LogP contribution < -0.4 is 5.32 Å². The molecule has 0 aliphatic heterocycles.